The number of likely N-dealkylation sites (tertiary alicyclic amines) is 1. The van der Waals surface area contributed by atoms with Gasteiger partial charge in [-0.05, 0) is 31.8 Å². The number of nitrogens with one attached hydrogen (secondary N) is 1. The summed E-state index contributed by atoms with van der Waals surface area (Å²) in [6.45, 7) is 3.00. The van der Waals surface area contributed by atoms with Gasteiger partial charge in [0.15, 0.2) is 5.69 Å². The molecule has 1 aromatic heterocycles. The molecule has 20 heavy (non-hydrogen) atoms. The molecule has 1 aliphatic heterocycles. The van der Waals surface area contributed by atoms with Crippen molar-refractivity contribution in [2.75, 3.05) is 26.2 Å². The molecule has 0 spiro atoms. The van der Waals surface area contributed by atoms with E-state index in [-0.39, 0.29) is 12.3 Å². The van der Waals surface area contributed by atoms with E-state index in [9.17, 15) is 9.59 Å². The lowest BCUT2D eigenvalue weighted by Crippen LogP contribution is -2.39. The van der Waals surface area contributed by atoms with Gasteiger partial charge in [0.25, 0.3) is 5.91 Å². The lowest BCUT2D eigenvalue weighted by molar-refractivity contribution is -0.137. The summed E-state index contributed by atoms with van der Waals surface area (Å²) in [4.78, 5) is 24.3. The zero-order valence-corrected chi connectivity index (χ0v) is 11.2. The molecule has 2 rings (SSSR count). The van der Waals surface area contributed by atoms with Gasteiger partial charge in [-0.1, -0.05) is 5.16 Å². The fourth-order valence-electron chi connectivity index (χ4n) is 2.33. The van der Waals surface area contributed by atoms with Gasteiger partial charge < -0.3 is 19.8 Å². The normalized spacial score (nSPS) is 17.0. The van der Waals surface area contributed by atoms with Crippen LogP contribution in [0.3, 0.4) is 0 Å². The highest BCUT2D eigenvalue weighted by molar-refractivity contribution is 5.91. The molecule has 0 saturated carbocycles. The fourth-order valence-corrected chi connectivity index (χ4v) is 2.33. The van der Waals surface area contributed by atoms with Gasteiger partial charge >= 0.3 is 5.97 Å². The van der Waals surface area contributed by atoms with Gasteiger partial charge in [-0.2, -0.15) is 0 Å². The van der Waals surface area contributed by atoms with Crippen molar-refractivity contribution in [1.29, 1.82) is 0 Å². The van der Waals surface area contributed by atoms with Crippen molar-refractivity contribution >= 4 is 11.9 Å². The van der Waals surface area contributed by atoms with E-state index < -0.39 is 5.97 Å². The minimum atomic E-state index is -0.757. The predicted octanol–water partition coefficient (Wildman–Crippen LogP) is 0.591. The number of carbonyl (C=O) groups is 2. The van der Waals surface area contributed by atoms with Crippen LogP contribution in [0.4, 0.5) is 0 Å². The number of aliphatic carboxylic acids is 1. The maximum absolute atomic E-state index is 11.7. The fraction of sp³-hybridized carbons (Fsp3) is 0.615. The summed E-state index contributed by atoms with van der Waals surface area (Å²) in [7, 11) is 0. The molecule has 0 atom stereocenters. The lowest BCUT2D eigenvalue weighted by Gasteiger charge is -2.31. The molecule has 1 saturated heterocycles. The zero-order valence-electron chi connectivity index (χ0n) is 11.2. The molecule has 0 unspecified atom stereocenters. The van der Waals surface area contributed by atoms with Crippen LogP contribution in [-0.4, -0.2) is 53.2 Å². The zero-order chi connectivity index (χ0) is 14.4. The second-order valence-corrected chi connectivity index (χ2v) is 5.02. The SMILES string of the molecule is O=C(O)CCN1CCC(CNC(=O)c2ccon2)CC1. The van der Waals surface area contributed by atoms with Crippen LogP contribution < -0.4 is 5.32 Å². The topological polar surface area (TPSA) is 95.7 Å². The highest BCUT2D eigenvalue weighted by Crippen LogP contribution is 2.16. The van der Waals surface area contributed by atoms with Crippen LogP contribution in [0.25, 0.3) is 0 Å². The molecule has 2 N–H and O–H groups in total. The minimum Gasteiger partial charge on any atom is -0.481 e. The summed E-state index contributed by atoms with van der Waals surface area (Å²) >= 11 is 0. The Morgan fingerprint density at radius 3 is 2.80 bits per heavy atom. The van der Waals surface area contributed by atoms with E-state index in [2.05, 4.69) is 19.9 Å². The van der Waals surface area contributed by atoms with Crippen molar-refractivity contribution in [1.82, 2.24) is 15.4 Å². The summed E-state index contributed by atoms with van der Waals surface area (Å²) in [6, 6.07) is 1.53. The quantitative estimate of drug-likeness (QED) is 0.792. The third kappa shape index (κ3) is 4.34. The van der Waals surface area contributed by atoms with Crippen molar-refractivity contribution < 1.29 is 19.2 Å². The Labute approximate surface area is 116 Å². The molecule has 7 heteroatoms. The van der Waals surface area contributed by atoms with Gasteiger partial charge in [0.05, 0.1) is 6.42 Å². The Balaban J connectivity index is 1.64. The third-order valence-corrected chi connectivity index (χ3v) is 3.57. The molecule has 0 aromatic carbocycles. The Hall–Kier alpha value is -1.89. The van der Waals surface area contributed by atoms with Gasteiger partial charge in [0.2, 0.25) is 0 Å². The largest absolute Gasteiger partial charge is 0.481 e. The molecule has 1 fully saturated rings. The number of hydrogen-bond acceptors (Lipinski definition) is 5. The molecule has 1 aliphatic rings. The summed E-state index contributed by atoms with van der Waals surface area (Å²) in [6.07, 6.45) is 3.50. The maximum Gasteiger partial charge on any atom is 0.304 e. The van der Waals surface area contributed by atoms with Crippen LogP contribution in [0.2, 0.25) is 0 Å². The number of piperidine rings is 1. The second kappa shape index (κ2) is 7.04. The van der Waals surface area contributed by atoms with E-state index >= 15 is 0 Å². The van der Waals surface area contributed by atoms with Gasteiger partial charge in [-0.25, -0.2) is 0 Å². The van der Waals surface area contributed by atoms with E-state index in [0.717, 1.165) is 25.9 Å². The summed E-state index contributed by atoms with van der Waals surface area (Å²) in [5, 5.41) is 15.1. The highest BCUT2D eigenvalue weighted by atomic mass is 16.5. The molecule has 1 aromatic rings. The first kappa shape index (κ1) is 14.5. The van der Waals surface area contributed by atoms with Crippen molar-refractivity contribution in [2.24, 2.45) is 5.92 Å². The number of nitrogens with zero attached hydrogens (tertiary/aromatic N) is 2. The molecule has 110 valence electrons. The molecular weight excluding hydrogens is 262 g/mol. The number of amides is 1. The van der Waals surface area contributed by atoms with E-state index in [4.69, 9.17) is 5.11 Å². The van der Waals surface area contributed by atoms with Gasteiger partial charge in [-0.15, -0.1) is 0 Å². The van der Waals surface area contributed by atoms with Crippen molar-refractivity contribution in [3.8, 4) is 0 Å². The third-order valence-electron chi connectivity index (χ3n) is 3.57. The smallest absolute Gasteiger partial charge is 0.304 e. The molecule has 1 amide bonds. The lowest BCUT2D eigenvalue weighted by atomic mass is 9.96. The molecular formula is C13H19N3O4. The number of rotatable bonds is 6. The van der Waals surface area contributed by atoms with Gasteiger partial charge in [0.1, 0.15) is 6.26 Å². The van der Waals surface area contributed by atoms with Gasteiger partial charge in [-0.3, -0.25) is 9.59 Å². The number of hydrogen-bond donors (Lipinski definition) is 2. The standard InChI is InChI=1S/C13H19N3O4/c17-12(18)3-7-16-5-1-10(2-6-16)9-14-13(19)11-4-8-20-15-11/h4,8,10H,1-3,5-7,9H2,(H,14,19)(H,17,18). The Bertz CT molecular complexity index is 438. The first-order chi connectivity index (χ1) is 9.65. The van der Waals surface area contributed by atoms with Gasteiger partial charge in [0, 0.05) is 19.2 Å². The molecule has 0 bridgehead atoms. The van der Waals surface area contributed by atoms with E-state index in [1.54, 1.807) is 0 Å². The monoisotopic (exact) mass is 281 g/mol. The van der Waals surface area contributed by atoms with Crippen LogP contribution in [0.5, 0.6) is 0 Å². The van der Waals surface area contributed by atoms with E-state index in [0.29, 0.717) is 24.7 Å². The van der Waals surface area contributed by atoms with E-state index in [1.165, 1.54) is 12.3 Å². The maximum atomic E-state index is 11.7. The summed E-state index contributed by atoms with van der Waals surface area (Å²) < 4.78 is 4.62. The van der Waals surface area contributed by atoms with Crippen LogP contribution in [0.15, 0.2) is 16.9 Å². The van der Waals surface area contributed by atoms with Crippen molar-refractivity contribution in [3.05, 3.63) is 18.0 Å². The Kier molecular flexibility index (Phi) is 5.11. The molecule has 2 heterocycles. The van der Waals surface area contributed by atoms with Crippen molar-refractivity contribution in [2.45, 2.75) is 19.3 Å². The highest BCUT2D eigenvalue weighted by Gasteiger charge is 2.20. The number of carbonyl (C=O) groups excluding carboxylic acids is 1. The first-order valence-corrected chi connectivity index (χ1v) is 6.78. The number of carboxylic acid groups (broad SMARTS) is 1. The molecule has 7 nitrogen and oxygen atoms in total. The average Bonchev–Trinajstić information content (AvgIpc) is 2.98. The number of aromatic nitrogens is 1. The molecule has 0 aliphatic carbocycles. The number of carboxylic acids is 1. The van der Waals surface area contributed by atoms with E-state index in [1.807, 2.05) is 0 Å². The van der Waals surface area contributed by atoms with Crippen LogP contribution >= 0.6 is 0 Å². The van der Waals surface area contributed by atoms with Crippen LogP contribution in [-0.2, 0) is 4.79 Å². The first-order valence-electron chi connectivity index (χ1n) is 6.78. The van der Waals surface area contributed by atoms with Crippen LogP contribution in [0, 0.1) is 5.92 Å². The Morgan fingerprint density at radius 1 is 1.45 bits per heavy atom. The summed E-state index contributed by atoms with van der Waals surface area (Å²) in [5.41, 5.74) is 0.295. The van der Waals surface area contributed by atoms with Crippen molar-refractivity contribution in [3.63, 3.8) is 0 Å². The van der Waals surface area contributed by atoms with Crippen LogP contribution in [0.1, 0.15) is 29.8 Å². The minimum absolute atomic E-state index is 0.188. The summed E-state index contributed by atoms with van der Waals surface area (Å²) in [5.74, 6) is -0.536. The Morgan fingerprint density at radius 2 is 2.20 bits per heavy atom. The molecule has 0 radical (unpaired) electrons. The second-order valence-electron chi connectivity index (χ2n) is 5.02. The average molecular weight is 281 g/mol. The predicted molar refractivity (Wildman–Crippen MR) is 70.3 cm³/mol.